The molecule has 1 aromatic heterocycles. The Kier molecular flexibility index (Phi) is 6.41. The van der Waals surface area contributed by atoms with Crippen LogP contribution in [0.1, 0.15) is 68.1 Å². The lowest BCUT2D eigenvalue weighted by molar-refractivity contribution is -0.116. The number of hydrogen-bond acceptors (Lipinski definition) is 2. The minimum atomic E-state index is -0.447. The van der Waals surface area contributed by atoms with Crippen molar-refractivity contribution < 1.29 is 9.59 Å². The molecule has 5 nitrogen and oxygen atoms in total. The van der Waals surface area contributed by atoms with Crippen LogP contribution in [0.3, 0.4) is 0 Å². The van der Waals surface area contributed by atoms with Crippen LogP contribution in [0, 0.1) is 18.8 Å². The fourth-order valence-electron chi connectivity index (χ4n) is 4.68. The summed E-state index contributed by atoms with van der Waals surface area (Å²) < 4.78 is 0. The zero-order chi connectivity index (χ0) is 23.7. The van der Waals surface area contributed by atoms with E-state index in [0.29, 0.717) is 23.8 Å². The molecule has 0 saturated carbocycles. The molecule has 1 heterocycles. The lowest BCUT2D eigenvalue weighted by atomic mass is 9.89. The number of allylic oxidation sites excluding steroid dienone is 2. The highest BCUT2D eigenvalue weighted by Crippen LogP contribution is 2.38. The molecule has 3 aromatic rings. The number of hydrogen-bond donors (Lipinski definition) is 3. The van der Waals surface area contributed by atoms with E-state index in [0.717, 1.165) is 58.2 Å². The Morgan fingerprint density at radius 1 is 1.18 bits per heavy atom. The van der Waals surface area contributed by atoms with Gasteiger partial charge in [0.1, 0.15) is 0 Å². The standard InChI is InChI=1S/C28H33N3O2/c1-16(2)14-26(32)30-24-7-5-6-20(18(24)4)21-12-13-22(28(29)33)27-23(21)15-25(31-27)19-10-8-17(3)9-11-19/h5-7,10,12-13,15-17,31H,8-9,11,14H2,1-4H3,(H2,29,33)(H,30,32). The van der Waals surface area contributed by atoms with Crippen LogP contribution in [0.5, 0.6) is 0 Å². The molecule has 4 N–H and O–H groups in total. The van der Waals surface area contributed by atoms with E-state index in [9.17, 15) is 9.59 Å². The van der Waals surface area contributed by atoms with Gasteiger partial charge in [-0.25, -0.2) is 0 Å². The third-order valence-corrected chi connectivity index (χ3v) is 6.57. The number of nitrogens with one attached hydrogen (secondary N) is 2. The summed E-state index contributed by atoms with van der Waals surface area (Å²) in [6.45, 7) is 8.36. The van der Waals surface area contributed by atoms with Crippen LogP contribution in [0.2, 0.25) is 0 Å². The van der Waals surface area contributed by atoms with E-state index < -0.39 is 5.91 Å². The number of aromatic nitrogens is 1. The molecule has 0 radical (unpaired) electrons. The molecule has 0 fully saturated rings. The van der Waals surface area contributed by atoms with Crippen molar-refractivity contribution in [1.82, 2.24) is 4.98 Å². The molecular weight excluding hydrogens is 410 g/mol. The van der Waals surface area contributed by atoms with Crippen LogP contribution in [-0.4, -0.2) is 16.8 Å². The second-order valence-electron chi connectivity index (χ2n) is 9.73. The van der Waals surface area contributed by atoms with Gasteiger partial charge in [-0.2, -0.15) is 0 Å². The Balaban J connectivity index is 1.81. The normalized spacial score (nSPS) is 16.2. The SMILES string of the molecule is Cc1c(NC(=O)CC(C)C)cccc1-c1ccc(C(N)=O)c2[nH]c(C3=CCC(C)CC3)cc12. The fraction of sp³-hybridized carbons (Fsp3) is 0.357. The van der Waals surface area contributed by atoms with Gasteiger partial charge >= 0.3 is 0 Å². The predicted octanol–water partition coefficient (Wildman–Crippen LogP) is 6.43. The Hall–Kier alpha value is -3.34. The van der Waals surface area contributed by atoms with Gasteiger partial charge in [0.2, 0.25) is 5.91 Å². The van der Waals surface area contributed by atoms with Crippen LogP contribution in [0.15, 0.2) is 42.5 Å². The third kappa shape index (κ3) is 4.72. The molecule has 0 spiro atoms. The maximum atomic E-state index is 12.4. The summed E-state index contributed by atoms with van der Waals surface area (Å²) in [5.74, 6) is 0.565. The average Bonchev–Trinajstić information content (AvgIpc) is 3.20. The van der Waals surface area contributed by atoms with Gasteiger partial charge in [0.15, 0.2) is 0 Å². The number of primary amides is 1. The number of amides is 2. The van der Waals surface area contributed by atoms with E-state index in [4.69, 9.17) is 5.73 Å². The first kappa shape index (κ1) is 22.8. The smallest absolute Gasteiger partial charge is 0.250 e. The van der Waals surface area contributed by atoms with Gasteiger partial charge in [0.05, 0.1) is 11.1 Å². The molecule has 0 aliphatic heterocycles. The highest BCUT2D eigenvalue weighted by molar-refractivity contribution is 6.10. The molecule has 5 heteroatoms. The molecule has 0 bridgehead atoms. The van der Waals surface area contributed by atoms with Crippen LogP contribution in [0.25, 0.3) is 27.6 Å². The number of H-pyrrole nitrogens is 1. The predicted molar refractivity (Wildman–Crippen MR) is 136 cm³/mol. The van der Waals surface area contributed by atoms with Crippen LogP contribution < -0.4 is 11.1 Å². The van der Waals surface area contributed by atoms with Gasteiger partial charge in [0.25, 0.3) is 5.91 Å². The quantitative estimate of drug-likeness (QED) is 0.410. The highest BCUT2D eigenvalue weighted by atomic mass is 16.2. The molecule has 172 valence electrons. The highest BCUT2D eigenvalue weighted by Gasteiger charge is 2.19. The number of fused-ring (bicyclic) bond motifs is 1. The van der Waals surface area contributed by atoms with Crippen molar-refractivity contribution in [2.75, 3.05) is 5.32 Å². The van der Waals surface area contributed by atoms with E-state index in [-0.39, 0.29) is 5.91 Å². The maximum Gasteiger partial charge on any atom is 0.250 e. The summed E-state index contributed by atoms with van der Waals surface area (Å²) >= 11 is 0. The van der Waals surface area contributed by atoms with Crippen molar-refractivity contribution in [1.29, 1.82) is 0 Å². The van der Waals surface area contributed by atoms with Gasteiger partial charge in [-0.1, -0.05) is 45.0 Å². The van der Waals surface area contributed by atoms with Crippen molar-refractivity contribution >= 4 is 34.0 Å². The first-order valence-corrected chi connectivity index (χ1v) is 11.8. The first-order chi connectivity index (χ1) is 15.7. The molecule has 1 unspecified atom stereocenters. The van der Waals surface area contributed by atoms with E-state index in [1.807, 2.05) is 39.0 Å². The van der Waals surface area contributed by atoms with Crippen molar-refractivity contribution in [2.45, 2.75) is 53.4 Å². The minimum Gasteiger partial charge on any atom is -0.366 e. The van der Waals surface area contributed by atoms with Crippen molar-refractivity contribution in [2.24, 2.45) is 17.6 Å². The molecule has 33 heavy (non-hydrogen) atoms. The molecule has 4 rings (SSSR count). The van der Waals surface area contributed by atoms with Gasteiger partial charge in [-0.15, -0.1) is 0 Å². The number of benzene rings is 2. The molecule has 2 aromatic carbocycles. The van der Waals surface area contributed by atoms with Gasteiger partial charge in [0, 0.05) is 23.2 Å². The summed E-state index contributed by atoms with van der Waals surface area (Å²) in [7, 11) is 0. The summed E-state index contributed by atoms with van der Waals surface area (Å²) in [6, 6.07) is 11.8. The summed E-state index contributed by atoms with van der Waals surface area (Å²) in [5, 5.41) is 4.03. The molecule has 1 aliphatic carbocycles. The van der Waals surface area contributed by atoms with E-state index >= 15 is 0 Å². The Bertz CT molecular complexity index is 1250. The van der Waals surface area contributed by atoms with Crippen LogP contribution in [0.4, 0.5) is 5.69 Å². The molecular formula is C28H33N3O2. The summed E-state index contributed by atoms with van der Waals surface area (Å²) in [6.07, 6.45) is 6.03. The fourth-order valence-corrected chi connectivity index (χ4v) is 4.68. The molecule has 0 saturated heterocycles. The van der Waals surface area contributed by atoms with Crippen LogP contribution >= 0.6 is 0 Å². The number of carbonyl (C=O) groups excluding carboxylic acids is 2. The topological polar surface area (TPSA) is 88.0 Å². The largest absolute Gasteiger partial charge is 0.366 e. The van der Waals surface area contributed by atoms with Gasteiger partial charge in [-0.05, 0) is 78.5 Å². The zero-order valence-electron chi connectivity index (χ0n) is 19.9. The lowest BCUT2D eigenvalue weighted by Gasteiger charge is -2.17. The first-order valence-electron chi connectivity index (χ1n) is 11.8. The monoisotopic (exact) mass is 443 g/mol. The summed E-state index contributed by atoms with van der Waals surface area (Å²) in [4.78, 5) is 28.0. The zero-order valence-corrected chi connectivity index (χ0v) is 19.9. The number of anilines is 1. The van der Waals surface area contributed by atoms with Gasteiger partial charge < -0.3 is 16.0 Å². The maximum absolute atomic E-state index is 12.4. The Morgan fingerprint density at radius 2 is 1.97 bits per heavy atom. The van der Waals surface area contributed by atoms with E-state index in [1.54, 1.807) is 6.07 Å². The van der Waals surface area contributed by atoms with Crippen molar-refractivity contribution in [3.63, 3.8) is 0 Å². The second kappa shape index (κ2) is 9.26. The van der Waals surface area contributed by atoms with E-state index in [2.05, 4.69) is 35.4 Å². The number of carbonyl (C=O) groups is 2. The Morgan fingerprint density at radius 3 is 2.64 bits per heavy atom. The van der Waals surface area contributed by atoms with Crippen molar-refractivity contribution in [3.8, 4) is 11.1 Å². The molecule has 2 amide bonds. The molecule has 1 aliphatic rings. The van der Waals surface area contributed by atoms with Gasteiger partial charge in [-0.3, -0.25) is 9.59 Å². The minimum absolute atomic E-state index is 0.0156. The van der Waals surface area contributed by atoms with E-state index in [1.165, 1.54) is 5.57 Å². The number of nitrogens with two attached hydrogens (primary N) is 1. The lowest BCUT2D eigenvalue weighted by Crippen LogP contribution is -2.14. The number of aromatic amines is 1. The third-order valence-electron chi connectivity index (χ3n) is 6.57. The summed E-state index contributed by atoms with van der Waals surface area (Å²) in [5.41, 5.74) is 13.1. The molecule has 1 atom stereocenters. The average molecular weight is 444 g/mol. The second-order valence-corrected chi connectivity index (χ2v) is 9.73. The van der Waals surface area contributed by atoms with Crippen molar-refractivity contribution in [3.05, 3.63) is 59.3 Å². The van der Waals surface area contributed by atoms with Crippen LogP contribution in [-0.2, 0) is 4.79 Å². The Labute approximate surface area is 195 Å². The number of rotatable bonds is 6.